The van der Waals surface area contributed by atoms with Gasteiger partial charge in [0.2, 0.25) is 0 Å². The van der Waals surface area contributed by atoms with E-state index in [-0.39, 0.29) is 11.7 Å². The van der Waals surface area contributed by atoms with Crippen molar-refractivity contribution >= 4 is 5.97 Å². The van der Waals surface area contributed by atoms with E-state index in [1.165, 1.54) is 6.07 Å². The van der Waals surface area contributed by atoms with Crippen molar-refractivity contribution < 1.29 is 19.4 Å². The number of benzene rings is 2. The van der Waals surface area contributed by atoms with E-state index in [0.717, 1.165) is 16.7 Å². The number of aryl methyl sites for hydroxylation is 1. The Kier molecular flexibility index (Phi) is 5.17. The van der Waals surface area contributed by atoms with E-state index < -0.39 is 5.97 Å². The summed E-state index contributed by atoms with van der Waals surface area (Å²) >= 11 is 0. The monoisotopic (exact) mass is 300 g/mol. The number of methoxy groups -OCH3 is 1. The highest BCUT2D eigenvalue weighted by Gasteiger charge is 2.11. The number of carbonyl (C=O) groups is 1. The van der Waals surface area contributed by atoms with Crippen LogP contribution in [-0.4, -0.2) is 30.9 Å². The van der Waals surface area contributed by atoms with E-state index in [0.29, 0.717) is 12.4 Å². The number of carboxylic acids is 1. The summed E-state index contributed by atoms with van der Waals surface area (Å²) in [6.45, 7) is 4.33. The molecule has 0 aliphatic heterocycles. The lowest BCUT2D eigenvalue weighted by molar-refractivity contribution is 0.0694. The molecule has 0 bridgehead atoms. The SMILES string of the molecule is COCC(C)Oc1cc(C(=O)O)cc(-c2ccc(C)cc2)c1. The van der Waals surface area contributed by atoms with Crippen LogP contribution in [0.15, 0.2) is 42.5 Å². The lowest BCUT2D eigenvalue weighted by Gasteiger charge is -2.15. The molecule has 1 N–H and O–H groups in total. The molecule has 22 heavy (non-hydrogen) atoms. The van der Waals surface area contributed by atoms with Gasteiger partial charge in [-0.15, -0.1) is 0 Å². The molecule has 0 heterocycles. The first-order valence-corrected chi connectivity index (χ1v) is 7.10. The Morgan fingerprint density at radius 1 is 1.14 bits per heavy atom. The molecule has 0 fully saturated rings. The molecule has 116 valence electrons. The van der Waals surface area contributed by atoms with Crippen molar-refractivity contribution in [2.45, 2.75) is 20.0 Å². The predicted molar refractivity (Wildman–Crippen MR) is 85.5 cm³/mol. The second-order valence-corrected chi connectivity index (χ2v) is 5.30. The Morgan fingerprint density at radius 2 is 1.82 bits per heavy atom. The van der Waals surface area contributed by atoms with Gasteiger partial charge in [0.1, 0.15) is 11.9 Å². The first kappa shape index (κ1) is 16.0. The van der Waals surface area contributed by atoms with E-state index in [1.54, 1.807) is 13.2 Å². The molecule has 0 aliphatic rings. The first-order chi connectivity index (χ1) is 10.5. The summed E-state index contributed by atoms with van der Waals surface area (Å²) in [5.41, 5.74) is 3.14. The van der Waals surface area contributed by atoms with Crippen LogP contribution < -0.4 is 4.74 Å². The molecule has 1 atom stereocenters. The van der Waals surface area contributed by atoms with E-state index in [1.807, 2.05) is 44.2 Å². The van der Waals surface area contributed by atoms with Crippen molar-refractivity contribution in [3.63, 3.8) is 0 Å². The topological polar surface area (TPSA) is 55.8 Å². The van der Waals surface area contributed by atoms with Gasteiger partial charge in [0.05, 0.1) is 12.2 Å². The normalized spacial score (nSPS) is 12.0. The van der Waals surface area contributed by atoms with Crippen molar-refractivity contribution in [3.05, 3.63) is 53.6 Å². The Morgan fingerprint density at radius 3 is 2.41 bits per heavy atom. The lowest BCUT2D eigenvalue weighted by atomic mass is 10.0. The quantitative estimate of drug-likeness (QED) is 0.882. The lowest BCUT2D eigenvalue weighted by Crippen LogP contribution is -2.18. The maximum absolute atomic E-state index is 11.3. The number of rotatable bonds is 6. The minimum atomic E-state index is -0.974. The van der Waals surface area contributed by atoms with Gasteiger partial charge in [0, 0.05) is 7.11 Å². The van der Waals surface area contributed by atoms with Crippen LogP contribution in [0.3, 0.4) is 0 Å². The van der Waals surface area contributed by atoms with E-state index in [4.69, 9.17) is 9.47 Å². The number of hydrogen-bond donors (Lipinski definition) is 1. The molecule has 0 aliphatic carbocycles. The van der Waals surface area contributed by atoms with Gasteiger partial charge in [-0.1, -0.05) is 29.8 Å². The maximum Gasteiger partial charge on any atom is 0.335 e. The molecule has 2 rings (SSSR count). The largest absolute Gasteiger partial charge is 0.488 e. The zero-order chi connectivity index (χ0) is 16.1. The summed E-state index contributed by atoms with van der Waals surface area (Å²) in [5, 5.41) is 9.28. The second kappa shape index (κ2) is 7.09. The summed E-state index contributed by atoms with van der Waals surface area (Å²) in [6.07, 6.45) is -0.153. The number of aromatic carboxylic acids is 1. The molecule has 2 aromatic rings. The molecule has 4 nitrogen and oxygen atoms in total. The molecule has 4 heteroatoms. The fourth-order valence-corrected chi connectivity index (χ4v) is 2.20. The number of ether oxygens (including phenoxy) is 2. The van der Waals surface area contributed by atoms with Gasteiger partial charge in [-0.25, -0.2) is 4.79 Å². The average Bonchev–Trinajstić information content (AvgIpc) is 2.47. The van der Waals surface area contributed by atoms with Crippen molar-refractivity contribution in [1.29, 1.82) is 0 Å². The van der Waals surface area contributed by atoms with Gasteiger partial charge in [-0.2, -0.15) is 0 Å². The summed E-state index contributed by atoms with van der Waals surface area (Å²) in [7, 11) is 1.60. The summed E-state index contributed by atoms with van der Waals surface area (Å²) in [4.78, 5) is 11.3. The van der Waals surface area contributed by atoms with E-state index in [9.17, 15) is 9.90 Å². The van der Waals surface area contributed by atoms with Crippen molar-refractivity contribution in [2.75, 3.05) is 13.7 Å². The van der Waals surface area contributed by atoms with Crippen molar-refractivity contribution in [3.8, 4) is 16.9 Å². The van der Waals surface area contributed by atoms with Gasteiger partial charge in [0.15, 0.2) is 0 Å². The van der Waals surface area contributed by atoms with Gasteiger partial charge < -0.3 is 14.6 Å². The van der Waals surface area contributed by atoms with Crippen LogP contribution in [0.1, 0.15) is 22.8 Å². The molecule has 0 spiro atoms. The third-order valence-electron chi connectivity index (χ3n) is 3.28. The second-order valence-electron chi connectivity index (χ2n) is 5.30. The fourth-order valence-electron chi connectivity index (χ4n) is 2.20. The summed E-state index contributed by atoms with van der Waals surface area (Å²) < 4.78 is 10.8. The minimum Gasteiger partial charge on any atom is -0.488 e. The molecule has 1 unspecified atom stereocenters. The fraction of sp³-hybridized carbons (Fsp3) is 0.278. The number of carboxylic acid groups (broad SMARTS) is 1. The zero-order valence-corrected chi connectivity index (χ0v) is 13.0. The van der Waals surface area contributed by atoms with Gasteiger partial charge in [0.25, 0.3) is 0 Å². The van der Waals surface area contributed by atoms with Crippen LogP contribution in [0.4, 0.5) is 0 Å². The molecule has 0 amide bonds. The molecule has 0 saturated heterocycles. The minimum absolute atomic E-state index is 0.153. The number of hydrogen-bond acceptors (Lipinski definition) is 3. The van der Waals surface area contributed by atoms with Crippen LogP contribution in [0.2, 0.25) is 0 Å². The van der Waals surface area contributed by atoms with E-state index in [2.05, 4.69) is 0 Å². The predicted octanol–water partition coefficient (Wildman–Crippen LogP) is 3.77. The first-order valence-electron chi connectivity index (χ1n) is 7.10. The third kappa shape index (κ3) is 4.09. The van der Waals surface area contributed by atoms with E-state index >= 15 is 0 Å². The maximum atomic E-state index is 11.3. The highest BCUT2D eigenvalue weighted by Crippen LogP contribution is 2.27. The Hall–Kier alpha value is -2.33. The van der Waals surface area contributed by atoms with Crippen molar-refractivity contribution in [1.82, 2.24) is 0 Å². The molecule has 2 aromatic carbocycles. The van der Waals surface area contributed by atoms with Gasteiger partial charge in [-0.05, 0) is 43.2 Å². The van der Waals surface area contributed by atoms with Crippen LogP contribution in [0.5, 0.6) is 5.75 Å². The smallest absolute Gasteiger partial charge is 0.335 e. The average molecular weight is 300 g/mol. The summed E-state index contributed by atoms with van der Waals surface area (Å²) in [5.74, 6) is -0.446. The van der Waals surface area contributed by atoms with Crippen LogP contribution in [0, 0.1) is 6.92 Å². The molecule has 0 saturated carbocycles. The van der Waals surface area contributed by atoms with Crippen LogP contribution >= 0.6 is 0 Å². The molecule has 0 aromatic heterocycles. The zero-order valence-electron chi connectivity index (χ0n) is 13.0. The van der Waals surface area contributed by atoms with Gasteiger partial charge >= 0.3 is 5.97 Å². The van der Waals surface area contributed by atoms with Gasteiger partial charge in [-0.3, -0.25) is 0 Å². The molecular formula is C18H20O4. The Labute approximate surface area is 130 Å². The third-order valence-corrected chi connectivity index (χ3v) is 3.28. The Balaban J connectivity index is 2.38. The molecule has 0 radical (unpaired) electrons. The highest BCUT2D eigenvalue weighted by molar-refractivity contribution is 5.90. The standard InChI is InChI=1S/C18H20O4/c1-12-4-6-14(7-5-12)15-8-16(18(19)20)10-17(9-15)22-13(2)11-21-3/h4-10,13H,11H2,1-3H3,(H,19,20). The summed E-state index contributed by atoms with van der Waals surface area (Å²) in [6, 6.07) is 13.0. The molecular weight excluding hydrogens is 280 g/mol. The Bertz CT molecular complexity index is 647. The van der Waals surface area contributed by atoms with Crippen molar-refractivity contribution in [2.24, 2.45) is 0 Å². The highest BCUT2D eigenvalue weighted by atomic mass is 16.5. The van der Waals surface area contributed by atoms with Crippen LogP contribution in [-0.2, 0) is 4.74 Å². The van der Waals surface area contributed by atoms with Crippen LogP contribution in [0.25, 0.3) is 11.1 Å².